The molecule has 0 spiro atoms. The minimum atomic E-state index is 0.0119. The predicted molar refractivity (Wildman–Crippen MR) is 58.3 cm³/mol. The van der Waals surface area contributed by atoms with Gasteiger partial charge in [0.05, 0.1) is 11.4 Å². The van der Waals surface area contributed by atoms with Gasteiger partial charge in [-0.15, -0.1) is 0 Å². The highest BCUT2D eigenvalue weighted by molar-refractivity contribution is 5.92. The van der Waals surface area contributed by atoms with Gasteiger partial charge in [-0.05, 0) is 25.7 Å². The van der Waals surface area contributed by atoms with Crippen LogP contribution in [-0.4, -0.2) is 16.1 Å². The number of H-pyrrole nitrogens is 1. The van der Waals surface area contributed by atoms with E-state index in [2.05, 4.69) is 15.5 Å². The largest absolute Gasteiger partial charge is 0.394 e. The van der Waals surface area contributed by atoms with Crippen LogP contribution in [0.15, 0.2) is 0 Å². The second-order valence-electron chi connectivity index (χ2n) is 4.16. The van der Waals surface area contributed by atoms with Crippen LogP contribution in [0.1, 0.15) is 31.4 Å². The predicted octanol–water partition coefficient (Wildman–Crippen LogP) is 1.43. The quantitative estimate of drug-likeness (QED) is 0.702. The molecule has 2 rings (SSSR count). The monoisotopic (exact) mass is 208 g/mol. The number of nitrogens with two attached hydrogens (primary N) is 1. The Morgan fingerprint density at radius 2 is 2.40 bits per heavy atom. The molecule has 1 aliphatic rings. The van der Waals surface area contributed by atoms with E-state index in [4.69, 9.17) is 5.73 Å². The van der Waals surface area contributed by atoms with Crippen LogP contribution in [0, 0.1) is 12.8 Å². The van der Waals surface area contributed by atoms with Gasteiger partial charge < -0.3 is 11.1 Å². The second-order valence-corrected chi connectivity index (χ2v) is 4.16. The summed E-state index contributed by atoms with van der Waals surface area (Å²) in [6.45, 7) is 1.82. The molecule has 1 aliphatic carbocycles. The third-order valence-electron chi connectivity index (χ3n) is 2.95. The third-order valence-corrected chi connectivity index (χ3v) is 2.95. The smallest absolute Gasteiger partial charge is 0.225 e. The first-order chi connectivity index (χ1) is 7.16. The molecular weight excluding hydrogens is 192 g/mol. The summed E-state index contributed by atoms with van der Waals surface area (Å²) in [7, 11) is 0. The topological polar surface area (TPSA) is 83.8 Å². The van der Waals surface area contributed by atoms with Crippen LogP contribution in [0.25, 0.3) is 0 Å². The van der Waals surface area contributed by atoms with Crippen molar-refractivity contribution < 1.29 is 4.79 Å². The van der Waals surface area contributed by atoms with Crippen LogP contribution in [0.2, 0.25) is 0 Å². The number of carbonyl (C=O) groups is 1. The van der Waals surface area contributed by atoms with Crippen LogP contribution in [-0.2, 0) is 4.79 Å². The Labute approximate surface area is 88.4 Å². The highest BCUT2D eigenvalue weighted by Gasteiger charge is 2.21. The van der Waals surface area contributed by atoms with Gasteiger partial charge in [-0.1, -0.05) is 6.42 Å². The molecular formula is C10H16N4O. The highest BCUT2D eigenvalue weighted by Crippen LogP contribution is 2.29. The Hall–Kier alpha value is -1.52. The zero-order valence-corrected chi connectivity index (χ0v) is 8.84. The lowest BCUT2D eigenvalue weighted by Gasteiger charge is -2.24. The molecule has 1 aromatic heterocycles. The number of amides is 1. The molecule has 5 heteroatoms. The van der Waals surface area contributed by atoms with Gasteiger partial charge in [0.1, 0.15) is 0 Å². The molecule has 5 nitrogen and oxygen atoms in total. The summed E-state index contributed by atoms with van der Waals surface area (Å²) in [5.41, 5.74) is 7.03. The average Bonchev–Trinajstić information content (AvgIpc) is 2.43. The summed E-state index contributed by atoms with van der Waals surface area (Å²) < 4.78 is 0. The van der Waals surface area contributed by atoms with E-state index in [1.165, 1.54) is 19.3 Å². The Kier molecular flexibility index (Phi) is 2.62. The number of nitrogen functional groups attached to an aromatic ring is 1. The van der Waals surface area contributed by atoms with E-state index in [0.29, 0.717) is 23.8 Å². The molecule has 0 aromatic carbocycles. The van der Waals surface area contributed by atoms with Crippen molar-refractivity contribution in [2.24, 2.45) is 5.92 Å². The molecule has 0 aliphatic heterocycles. The van der Waals surface area contributed by atoms with Crippen molar-refractivity contribution in [2.75, 3.05) is 11.1 Å². The van der Waals surface area contributed by atoms with Gasteiger partial charge in [-0.25, -0.2) is 0 Å². The van der Waals surface area contributed by atoms with Crippen LogP contribution in [0.4, 0.5) is 11.5 Å². The minimum Gasteiger partial charge on any atom is -0.394 e. The first kappa shape index (κ1) is 10.0. The number of anilines is 2. The fraction of sp³-hybridized carbons (Fsp3) is 0.600. The Morgan fingerprint density at radius 3 is 2.87 bits per heavy atom. The fourth-order valence-electron chi connectivity index (χ4n) is 1.68. The van der Waals surface area contributed by atoms with Gasteiger partial charge >= 0.3 is 0 Å². The van der Waals surface area contributed by atoms with E-state index >= 15 is 0 Å². The van der Waals surface area contributed by atoms with Crippen molar-refractivity contribution in [3.8, 4) is 0 Å². The molecule has 0 atom stereocenters. The normalized spacial score (nSPS) is 16.1. The van der Waals surface area contributed by atoms with Gasteiger partial charge in [-0.2, -0.15) is 5.10 Å². The number of nitrogens with one attached hydrogen (secondary N) is 2. The summed E-state index contributed by atoms with van der Waals surface area (Å²) in [5, 5.41) is 9.38. The molecule has 15 heavy (non-hydrogen) atoms. The van der Waals surface area contributed by atoms with Crippen molar-refractivity contribution >= 4 is 17.4 Å². The second kappa shape index (κ2) is 3.92. The number of hydrogen-bond acceptors (Lipinski definition) is 3. The summed E-state index contributed by atoms with van der Waals surface area (Å²) in [5.74, 6) is 1.03. The number of carbonyl (C=O) groups excluding carboxylic acids is 1. The Morgan fingerprint density at radius 1 is 1.67 bits per heavy atom. The maximum Gasteiger partial charge on any atom is 0.225 e. The standard InChI is InChI=1S/C10H16N4O/c1-6-9(11)10(14-13-6)12-8(15)5-7-3-2-4-7/h7H,2-5,11H2,1H3,(H2,12,13,14,15). The summed E-state index contributed by atoms with van der Waals surface area (Å²) in [6.07, 6.45) is 4.18. The van der Waals surface area contributed by atoms with Gasteiger partial charge in [0.25, 0.3) is 0 Å². The van der Waals surface area contributed by atoms with Crippen LogP contribution in [0.5, 0.6) is 0 Å². The molecule has 0 unspecified atom stereocenters. The lowest BCUT2D eigenvalue weighted by molar-refractivity contribution is -0.117. The van der Waals surface area contributed by atoms with Crippen molar-refractivity contribution in [1.29, 1.82) is 0 Å². The lowest BCUT2D eigenvalue weighted by atomic mass is 9.83. The number of hydrogen-bond donors (Lipinski definition) is 3. The van der Waals surface area contributed by atoms with E-state index in [1.54, 1.807) is 0 Å². The molecule has 1 amide bonds. The number of nitrogens with zero attached hydrogens (tertiary/aromatic N) is 1. The summed E-state index contributed by atoms with van der Waals surface area (Å²) in [6, 6.07) is 0. The van der Waals surface area contributed by atoms with Crippen LogP contribution >= 0.6 is 0 Å². The minimum absolute atomic E-state index is 0.0119. The zero-order valence-electron chi connectivity index (χ0n) is 8.84. The maximum absolute atomic E-state index is 11.6. The number of aromatic nitrogens is 2. The van der Waals surface area contributed by atoms with Crippen molar-refractivity contribution in [3.63, 3.8) is 0 Å². The Bertz CT molecular complexity index is 367. The SMILES string of the molecule is Cc1[nH]nc(NC(=O)CC2CCC2)c1N. The van der Waals surface area contributed by atoms with Gasteiger partial charge in [0, 0.05) is 6.42 Å². The van der Waals surface area contributed by atoms with Crippen molar-refractivity contribution in [2.45, 2.75) is 32.6 Å². The average molecular weight is 208 g/mol. The van der Waals surface area contributed by atoms with Gasteiger partial charge in [0.2, 0.25) is 5.91 Å². The zero-order chi connectivity index (χ0) is 10.8. The summed E-state index contributed by atoms with van der Waals surface area (Å²) in [4.78, 5) is 11.6. The molecule has 0 radical (unpaired) electrons. The third kappa shape index (κ3) is 2.11. The maximum atomic E-state index is 11.6. The van der Waals surface area contributed by atoms with Crippen LogP contribution in [0.3, 0.4) is 0 Å². The summed E-state index contributed by atoms with van der Waals surface area (Å²) >= 11 is 0. The van der Waals surface area contributed by atoms with Crippen LogP contribution < -0.4 is 11.1 Å². The number of aryl methyl sites for hydroxylation is 1. The van der Waals surface area contributed by atoms with Gasteiger partial charge in [-0.3, -0.25) is 9.89 Å². The van der Waals surface area contributed by atoms with E-state index in [9.17, 15) is 4.79 Å². The highest BCUT2D eigenvalue weighted by atomic mass is 16.1. The molecule has 4 N–H and O–H groups in total. The molecule has 1 heterocycles. The lowest BCUT2D eigenvalue weighted by Crippen LogP contribution is -2.21. The van der Waals surface area contributed by atoms with E-state index < -0.39 is 0 Å². The van der Waals surface area contributed by atoms with Crippen molar-refractivity contribution in [3.05, 3.63) is 5.69 Å². The van der Waals surface area contributed by atoms with Crippen molar-refractivity contribution in [1.82, 2.24) is 10.2 Å². The van der Waals surface area contributed by atoms with Gasteiger partial charge in [0.15, 0.2) is 5.82 Å². The first-order valence-corrected chi connectivity index (χ1v) is 5.27. The number of rotatable bonds is 3. The molecule has 0 saturated heterocycles. The molecule has 0 bridgehead atoms. The Balaban J connectivity index is 1.90. The fourth-order valence-corrected chi connectivity index (χ4v) is 1.68. The molecule has 1 saturated carbocycles. The van der Waals surface area contributed by atoms with E-state index in [-0.39, 0.29) is 5.91 Å². The molecule has 82 valence electrons. The van der Waals surface area contributed by atoms with E-state index in [1.807, 2.05) is 6.92 Å². The van der Waals surface area contributed by atoms with E-state index in [0.717, 1.165) is 5.69 Å². The molecule has 1 fully saturated rings. The number of aromatic amines is 1. The first-order valence-electron chi connectivity index (χ1n) is 5.27. The molecule has 1 aromatic rings.